The molecule has 6 atom stereocenters. The standard InChI is InChI=1S/C45H64N2O8S/c1-7-23-47(43(50)51-9-3)40-31-38(46-55-44(4,5)6)36-29-32(17-13-15-24-48)35(20-14-16-25-49)41-37-30-33(52-27-28-56-34-18-11-10-12-19-34)21-22-39(37)54-45(40,42(36)41)53-26-8-2/h8,10-12,18-19,21-22,29-30,32,35,40-42,48-49H,2,7,9,13-17,20,23-28,31H2,1,3-6H3. The molecule has 0 radical (unpaired) electrons. The summed E-state index contributed by atoms with van der Waals surface area (Å²) in [6.07, 6.45) is 9.54. The molecular weight excluding hydrogens is 729 g/mol. The molecule has 5 rings (SSSR count). The second kappa shape index (κ2) is 20.8. The van der Waals surface area contributed by atoms with Crippen molar-refractivity contribution in [3.8, 4) is 11.5 Å². The van der Waals surface area contributed by atoms with E-state index in [2.05, 4.69) is 30.9 Å². The normalized spacial score (nSPS) is 24.7. The SMILES string of the molecule is C=CCOC12Oc3ccc(OCCSc4ccccc4)cc3C3C(CCCCO)C(CCCCO)C=C(C(=NOC(C)(C)C)CC1N(CCC)C(=O)OCC)C32. The van der Waals surface area contributed by atoms with Gasteiger partial charge in [-0.05, 0) is 108 Å². The van der Waals surface area contributed by atoms with E-state index in [0.717, 1.165) is 54.0 Å². The molecule has 10 nitrogen and oxygen atoms in total. The number of hydrogen-bond acceptors (Lipinski definition) is 10. The number of rotatable bonds is 21. The highest BCUT2D eigenvalue weighted by molar-refractivity contribution is 7.99. The molecule has 11 heteroatoms. The van der Waals surface area contributed by atoms with Crippen molar-refractivity contribution in [1.82, 2.24) is 4.90 Å². The molecular formula is C45H64N2O8S. The molecule has 1 amide bonds. The van der Waals surface area contributed by atoms with Crippen molar-refractivity contribution >= 4 is 23.6 Å². The fourth-order valence-corrected chi connectivity index (χ4v) is 9.34. The molecule has 1 heterocycles. The number of carbonyl (C=O) groups excluding carboxylic acids is 1. The first kappa shape index (κ1) is 43.6. The van der Waals surface area contributed by atoms with Gasteiger partial charge in [0.05, 0.1) is 31.5 Å². The molecule has 0 aromatic heterocycles. The van der Waals surface area contributed by atoms with Crippen molar-refractivity contribution in [2.24, 2.45) is 22.9 Å². The molecule has 1 saturated carbocycles. The Morgan fingerprint density at radius 3 is 2.50 bits per heavy atom. The minimum atomic E-state index is -1.32. The minimum absolute atomic E-state index is 0.122. The Morgan fingerprint density at radius 2 is 1.82 bits per heavy atom. The molecule has 56 heavy (non-hydrogen) atoms. The Kier molecular flexibility index (Phi) is 16.2. The minimum Gasteiger partial charge on any atom is -0.493 e. The quantitative estimate of drug-likeness (QED) is 0.0552. The Morgan fingerprint density at radius 1 is 1.07 bits per heavy atom. The van der Waals surface area contributed by atoms with Crippen molar-refractivity contribution in [2.45, 2.75) is 114 Å². The molecule has 0 saturated heterocycles. The molecule has 2 N–H and O–H groups in total. The van der Waals surface area contributed by atoms with Gasteiger partial charge in [0.25, 0.3) is 0 Å². The van der Waals surface area contributed by atoms with E-state index in [1.165, 1.54) is 4.90 Å². The van der Waals surface area contributed by atoms with Gasteiger partial charge in [0.2, 0.25) is 5.79 Å². The number of unbranched alkanes of at least 4 members (excludes halogenated alkanes) is 2. The number of carbonyl (C=O) groups is 1. The Labute approximate surface area is 338 Å². The lowest BCUT2D eigenvalue weighted by molar-refractivity contribution is -0.255. The van der Waals surface area contributed by atoms with Crippen LogP contribution in [0.5, 0.6) is 11.5 Å². The van der Waals surface area contributed by atoms with Crippen LogP contribution in [0.1, 0.15) is 97.5 Å². The molecule has 3 aliphatic rings. The molecule has 0 bridgehead atoms. The number of allylic oxidation sites excluding steroid dienone is 1. The predicted molar refractivity (Wildman–Crippen MR) is 222 cm³/mol. The number of aliphatic hydroxyl groups is 2. The molecule has 2 aromatic carbocycles. The van der Waals surface area contributed by atoms with E-state index in [9.17, 15) is 15.0 Å². The molecule has 1 fully saturated rings. The summed E-state index contributed by atoms with van der Waals surface area (Å²) in [5.41, 5.74) is 2.25. The van der Waals surface area contributed by atoms with Crippen LogP contribution in [0.25, 0.3) is 0 Å². The smallest absolute Gasteiger partial charge is 0.410 e. The van der Waals surface area contributed by atoms with Gasteiger partial charge in [0.1, 0.15) is 23.1 Å². The second-order valence-corrected chi connectivity index (χ2v) is 17.0. The lowest BCUT2D eigenvalue weighted by Crippen LogP contribution is -2.70. The molecule has 6 unspecified atom stereocenters. The van der Waals surface area contributed by atoms with Gasteiger partial charge in [-0.2, -0.15) is 0 Å². The summed E-state index contributed by atoms with van der Waals surface area (Å²) in [5, 5.41) is 24.6. The molecule has 2 aliphatic carbocycles. The Hall–Kier alpha value is -3.51. The maximum Gasteiger partial charge on any atom is 0.410 e. The zero-order valence-electron chi connectivity index (χ0n) is 34.1. The summed E-state index contributed by atoms with van der Waals surface area (Å²) in [4.78, 5) is 23.1. The van der Waals surface area contributed by atoms with Gasteiger partial charge >= 0.3 is 6.09 Å². The van der Waals surface area contributed by atoms with Crippen LogP contribution in [-0.4, -0.2) is 89.7 Å². The maximum absolute atomic E-state index is 14.0. The van der Waals surface area contributed by atoms with E-state index >= 15 is 0 Å². The monoisotopic (exact) mass is 792 g/mol. The maximum atomic E-state index is 14.0. The van der Waals surface area contributed by atoms with Crippen molar-refractivity contribution in [3.63, 3.8) is 0 Å². The predicted octanol–water partition coefficient (Wildman–Crippen LogP) is 9.16. The number of thioether (sulfide) groups is 1. The number of amides is 1. The van der Waals surface area contributed by atoms with Crippen LogP contribution in [0.15, 0.2) is 82.9 Å². The average Bonchev–Trinajstić information content (AvgIpc) is 3.18. The number of oxime groups is 1. The van der Waals surface area contributed by atoms with E-state index < -0.39 is 23.5 Å². The van der Waals surface area contributed by atoms with E-state index in [1.54, 1.807) is 22.7 Å². The highest BCUT2D eigenvalue weighted by Crippen LogP contribution is 2.62. The van der Waals surface area contributed by atoms with Gasteiger partial charge in [0, 0.05) is 48.3 Å². The molecule has 2 aromatic rings. The van der Waals surface area contributed by atoms with Crippen LogP contribution in [0.4, 0.5) is 4.79 Å². The van der Waals surface area contributed by atoms with Crippen LogP contribution in [0.3, 0.4) is 0 Å². The summed E-state index contributed by atoms with van der Waals surface area (Å²) >= 11 is 1.76. The van der Waals surface area contributed by atoms with Gasteiger partial charge in [-0.3, -0.25) is 4.90 Å². The van der Waals surface area contributed by atoms with Crippen molar-refractivity contribution < 1.29 is 38.8 Å². The lowest BCUT2D eigenvalue weighted by Gasteiger charge is -2.60. The van der Waals surface area contributed by atoms with Gasteiger partial charge in [-0.15, -0.1) is 18.3 Å². The van der Waals surface area contributed by atoms with Crippen LogP contribution in [-0.2, 0) is 14.3 Å². The van der Waals surface area contributed by atoms with Gasteiger partial charge in [-0.1, -0.05) is 55.3 Å². The third kappa shape index (κ3) is 10.5. The summed E-state index contributed by atoms with van der Waals surface area (Å²) < 4.78 is 26.4. The fraction of sp³-hybridized carbons (Fsp3) is 0.600. The van der Waals surface area contributed by atoms with Crippen LogP contribution in [0, 0.1) is 17.8 Å². The van der Waals surface area contributed by atoms with Gasteiger partial charge < -0.3 is 34.0 Å². The van der Waals surface area contributed by atoms with Crippen LogP contribution >= 0.6 is 11.8 Å². The fourth-order valence-electron chi connectivity index (χ4n) is 8.59. The number of fused-ring (bicyclic) bond motifs is 2. The van der Waals surface area contributed by atoms with Gasteiger partial charge in [-0.25, -0.2) is 4.79 Å². The van der Waals surface area contributed by atoms with E-state index in [4.69, 9.17) is 28.9 Å². The summed E-state index contributed by atoms with van der Waals surface area (Å²) in [6, 6.07) is 15.8. The van der Waals surface area contributed by atoms with Gasteiger partial charge in [0.15, 0.2) is 0 Å². The molecule has 1 aliphatic heterocycles. The van der Waals surface area contributed by atoms with E-state index in [0.29, 0.717) is 44.6 Å². The first-order valence-electron chi connectivity index (χ1n) is 20.6. The highest BCUT2D eigenvalue weighted by Gasteiger charge is 2.65. The largest absolute Gasteiger partial charge is 0.493 e. The lowest BCUT2D eigenvalue weighted by atomic mass is 9.55. The molecule has 0 spiro atoms. The zero-order chi connectivity index (χ0) is 40.1. The average molecular weight is 793 g/mol. The van der Waals surface area contributed by atoms with Crippen molar-refractivity contribution in [2.75, 3.05) is 45.3 Å². The van der Waals surface area contributed by atoms with E-state index in [1.807, 2.05) is 65.0 Å². The summed E-state index contributed by atoms with van der Waals surface area (Å²) in [6.45, 7) is 15.5. The number of nitrogens with zero attached hydrogens (tertiary/aromatic N) is 2. The number of aliphatic hydroxyl groups excluding tert-OH is 2. The van der Waals surface area contributed by atoms with Crippen LogP contribution in [0.2, 0.25) is 0 Å². The third-order valence-electron chi connectivity index (χ3n) is 10.8. The van der Waals surface area contributed by atoms with E-state index in [-0.39, 0.29) is 50.1 Å². The first-order chi connectivity index (χ1) is 27.1. The van der Waals surface area contributed by atoms with Crippen molar-refractivity contribution in [1.29, 1.82) is 0 Å². The van der Waals surface area contributed by atoms with Crippen molar-refractivity contribution in [3.05, 3.63) is 78.4 Å². The number of hydrogen-bond donors (Lipinski definition) is 2. The topological polar surface area (TPSA) is 119 Å². The zero-order valence-corrected chi connectivity index (χ0v) is 34.9. The first-order valence-corrected chi connectivity index (χ1v) is 21.6. The Balaban J connectivity index is 1.70. The van der Waals surface area contributed by atoms with Crippen LogP contribution < -0.4 is 9.47 Å². The molecule has 308 valence electrons. The number of ether oxygens (including phenoxy) is 4. The highest BCUT2D eigenvalue weighted by atomic mass is 32.2. The third-order valence-corrected chi connectivity index (χ3v) is 11.8. The second-order valence-electron chi connectivity index (χ2n) is 15.9. The Bertz CT molecular complexity index is 1630. The number of benzene rings is 2. The summed E-state index contributed by atoms with van der Waals surface area (Å²) in [7, 11) is 0. The summed E-state index contributed by atoms with van der Waals surface area (Å²) in [5.74, 6) is 0.679.